The summed E-state index contributed by atoms with van der Waals surface area (Å²) in [7, 11) is 0. The van der Waals surface area contributed by atoms with Gasteiger partial charge < -0.3 is 5.73 Å². The van der Waals surface area contributed by atoms with Gasteiger partial charge >= 0.3 is 0 Å². The Bertz CT molecular complexity index is 468. The Kier molecular flexibility index (Phi) is 3.77. The molecule has 2 aromatic rings. The molecule has 88 valence electrons. The second kappa shape index (κ2) is 5.50. The van der Waals surface area contributed by atoms with Crippen LogP contribution in [0.25, 0.3) is 0 Å². The maximum absolute atomic E-state index is 5.76. The maximum Gasteiger partial charge on any atom is 0.132 e. The molecule has 1 atom stereocenters. The summed E-state index contributed by atoms with van der Waals surface area (Å²) in [5, 5.41) is 0. The third kappa shape index (κ3) is 3.60. The zero-order valence-corrected chi connectivity index (χ0v) is 9.87. The smallest absolute Gasteiger partial charge is 0.132 e. The van der Waals surface area contributed by atoms with E-state index in [1.54, 1.807) is 12.4 Å². The molecule has 1 unspecified atom stereocenters. The van der Waals surface area contributed by atoms with Crippen molar-refractivity contribution in [2.45, 2.75) is 25.8 Å². The number of pyridine rings is 1. The van der Waals surface area contributed by atoms with Crippen LogP contribution in [0.1, 0.15) is 24.0 Å². The highest BCUT2D eigenvalue weighted by atomic mass is 14.9. The summed E-state index contributed by atoms with van der Waals surface area (Å²) in [5.74, 6) is 0.816. The lowest BCUT2D eigenvalue weighted by Crippen LogP contribution is -2.19. The van der Waals surface area contributed by atoms with Crippen LogP contribution in [-0.2, 0) is 12.8 Å². The zero-order valence-electron chi connectivity index (χ0n) is 9.87. The number of rotatable bonds is 4. The van der Waals surface area contributed by atoms with Crippen molar-refractivity contribution >= 4 is 0 Å². The van der Waals surface area contributed by atoms with E-state index >= 15 is 0 Å². The Morgan fingerprint density at radius 2 is 2.18 bits per heavy atom. The number of hydrogen-bond donors (Lipinski definition) is 1. The summed E-state index contributed by atoms with van der Waals surface area (Å²) < 4.78 is 0. The first-order valence-corrected chi connectivity index (χ1v) is 5.69. The number of nitrogens with two attached hydrogens (primary N) is 1. The Morgan fingerprint density at radius 1 is 1.29 bits per heavy atom. The largest absolute Gasteiger partial charge is 0.328 e. The lowest BCUT2D eigenvalue weighted by atomic mass is 10.1. The van der Waals surface area contributed by atoms with Crippen LogP contribution in [0.4, 0.5) is 0 Å². The molecule has 17 heavy (non-hydrogen) atoms. The first-order chi connectivity index (χ1) is 8.24. The molecule has 0 spiro atoms. The Balaban J connectivity index is 2.11. The predicted molar refractivity (Wildman–Crippen MR) is 66.4 cm³/mol. The van der Waals surface area contributed by atoms with Gasteiger partial charge in [0.1, 0.15) is 5.82 Å². The summed E-state index contributed by atoms with van der Waals surface area (Å²) in [6.45, 7) is 1.98. The van der Waals surface area contributed by atoms with E-state index in [9.17, 15) is 0 Å². The van der Waals surface area contributed by atoms with Crippen LogP contribution in [-0.4, -0.2) is 21.0 Å². The third-order valence-electron chi connectivity index (χ3n) is 2.38. The molecule has 2 N–H and O–H groups in total. The Morgan fingerprint density at radius 3 is 2.88 bits per heavy atom. The molecular formula is C13H16N4. The van der Waals surface area contributed by atoms with Gasteiger partial charge in [-0.25, -0.2) is 9.97 Å². The van der Waals surface area contributed by atoms with Crippen LogP contribution in [0.5, 0.6) is 0 Å². The second-order valence-electron chi connectivity index (χ2n) is 4.18. The maximum atomic E-state index is 5.76. The van der Waals surface area contributed by atoms with E-state index in [2.05, 4.69) is 15.0 Å². The number of hydrogen-bond acceptors (Lipinski definition) is 4. The fourth-order valence-corrected chi connectivity index (χ4v) is 1.66. The molecule has 0 aliphatic heterocycles. The molecule has 2 aromatic heterocycles. The van der Waals surface area contributed by atoms with Gasteiger partial charge in [0, 0.05) is 43.2 Å². The Hall–Kier alpha value is -1.81. The monoisotopic (exact) mass is 228 g/mol. The highest BCUT2D eigenvalue weighted by Gasteiger charge is 2.03. The van der Waals surface area contributed by atoms with Crippen LogP contribution in [0.3, 0.4) is 0 Å². The van der Waals surface area contributed by atoms with Gasteiger partial charge in [0.25, 0.3) is 0 Å². The Labute approximate surface area is 101 Å². The van der Waals surface area contributed by atoms with E-state index in [1.807, 2.05) is 31.3 Å². The van der Waals surface area contributed by atoms with Gasteiger partial charge in [-0.15, -0.1) is 0 Å². The molecule has 4 nitrogen and oxygen atoms in total. The van der Waals surface area contributed by atoms with Gasteiger partial charge in [-0.05, 0) is 24.6 Å². The second-order valence-corrected chi connectivity index (χ2v) is 4.18. The zero-order chi connectivity index (χ0) is 12.1. The van der Waals surface area contributed by atoms with Crippen LogP contribution in [0.2, 0.25) is 0 Å². The van der Waals surface area contributed by atoms with E-state index in [0.29, 0.717) is 6.42 Å². The highest BCUT2D eigenvalue weighted by Crippen LogP contribution is 2.05. The first-order valence-electron chi connectivity index (χ1n) is 5.69. The first kappa shape index (κ1) is 11.7. The van der Waals surface area contributed by atoms with E-state index in [-0.39, 0.29) is 6.04 Å². The molecule has 0 aliphatic carbocycles. The summed E-state index contributed by atoms with van der Waals surface area (Å²) in [4.78, 5) is 12.8. The quantitative estimate of drug-likeness (QED) is 0.858. The molecular weight excluding hydrogens is 212 g/mol. The molecule has 0 bridgehead atoms. The van der Waals surface area contributed by atoms with Crippen LogP contribution >= 0.6 is 0 Å². The fourth-order valence-electron chi connectivity index (χ4n) is 1.66. The van der Waals surface area contributed by atoms with Crippen molar-refractivity contribution in [2.75, 3.05) is 0 Å². The average molecular weight is 228 g/mol. The van der Waals surface area contributed by atoms with Gasteiger partial charge in [0.2, 0.25) is 0 Å². The van der Waals surface area contributed by atoms with E-state index in [4.69, 9.17) is 5.73 Å². The van der Waals surface area contributed by atoms with Crippen LogP contribution in [0.15, 0.2) is 36.8 Å². The van der Waals surface area contributed by atoms with Crippen LogP contribution < -0.4 is 5.73 Å². The van der Waals surface area contributed by atoms with Crippen LogP contribution in [0, 0.1) is 0 Å². The standard InChI is InChI=1S/C13H16N4/c1-10(14)7-12-4-6-16-13(17-12)8-11-3-2-5-15-9-11/h2-6,9-10H,7-8,14H2,1H3. The van der Waals surface area contributed by atoms with E-state index in [1.165, 1.54) is 0 Å². The SMILES string of the molecule is CC(N)Cc1ccnc(Cc2cccnc2)n1. The summed E-state index contributed by atoms with van der Waals surface area (Å²) in [5.41, 5.74) is 7.87. The lowest BCUT2D eigenvalue weighted by molar-refractivity contribution is 0.713. The average Bonchev–Trinajstić information content (AvgIpc) is 2.30. The van der Waals surface area contributed by atoms with Crippen molar-refractivity contribution in [3.8, 4) is 0 Å². The number of aromatic nitrogens is 3. The molecule has 0 radical (unpaired) electrons. The summed E-state index contributed by atoms with van der Waals surface area (Å²) >= 11 is 0. The predicted octanol–water partition coefficient (Wildman–Crippen LogP) is 1.35. The van der Waals surface area contributed by atoms with Crippen molar-refractivity contribution in [3.05, 3.63) is 53.9 Å². The minimum atomic E-state index is 0.121. The minimum absolute atomic E-state index is 0.121. The van der Waals surface area contributed by atoms with E-state index in [0.717, 1.165) is 23.5 Å². The molecule has 0 aliphatic rings. The molecule has 0 amide bonds. The normalized spacial score (nSPS) is 12.4. The highest BCUT2D eigenvalue weighted by molar-refractivity contribution is 5.15. The molecule has 2 heterocycles. The molecule has 0 aromatic carbocycles. The van der Waals surface area contributed by atoms with Gasteiger partial charge in [-0.3, -0.25) is 4.98 Å². The van der Waals surface area contributed by atoms with Crippen molar-refractivity contribution < 1.29 is 0 Å². The van der Waals surface area contributed by atoms with Gasteiger partial charge in [0.15, 0.2) is 0 Å². The summed E-state index contributed by atoms with van der Waals surface area (Å²) in [6, 6.07) is 5.97. The van der Waals surface area contributed by atoms with Crippen molar-refractivity contribution in [1.29, 1.82) is 0 Å². The molecule has 0 fully saturated rings. The van der Waals surface area contributed by atoms with Gasteiger partial charge in [0.05, 0.1) is 0 Å². The lowest BCUT2D eigenvalue weighted by Gasteiger charge is -2.06. The minimum Gasteiger partial charge on any atom is -0.328 e. The topological polar surface area (TPSA) is 64.7 Å². The molecule has 0 saturated heterocycles. The third-order valence-corrected chi connectivity index (χ3v) is 2.38. The molecule has 4 heteroatoms. The van der Waals surface area contributed by atoms with Gasteiger partial charge in [-0.2, -0.15) is 0 Å². The number of nitrogens with zero attached hydrogens (tertiary/aromatic N) is 3. The van der Waals surface area contributed by atoms with Crippen molar-refractivity contribution in [3.63, 3.8) is 0 Å². The summed E-state index contributed by atoms with van der Waals surface area (Å²) in [6.07, 6.45) is 6.87. The molecule has 2 rings (SSSR count). The van der Waals surface area contributed by atoms with Crippen molar-refractivity contribution in [2.24, 2.45) is 5.73 Å². The molecule has 0 saturated carbocycles. The van der Waals surface area contributed by atoms with Crippen molar-refractivity contribution in [1.82, 2.24) is 15.0 Å². The fraction of sp³-hybridized carbons (Fsp3) is 0.308. The van der Waals surface area contributed by atoms with E-state index < -0.39 is 0 Å². The van der Waals surface area contributed by atoms with Gasteiger partial charge in [-0.1, -0.05) is 6.07 Å².